The van der Waals surface area contributed by atoms with Crippen molar-refractivity contribution >= 4 is 22.9 Å². The van der Waals surface area contributed by atoms with E-state index in [4.69, 9.17) is 0 Å². The van der Waals surface area contributed by atoms with Gasteiger partial charge in [0.2, 0.25) is 5.91 Å². The Morgan fingerprint density at radius 2 is 1.62 bits per heavy atom. The zero-order valence-corrected chi connectivity index (χ0v) is 21.6. The second-order valence-electron chi connectivity index (χ2n) is 12.1. The highest BCUT2D eigenvalue weighted by Gasteiger charge is 2.60. The molecule has 4 saturated carbocycles. The molecule has 4 bridgehead atoms. The van der Waals surface area contributed by atoms with Gasteiger partial charge in [-0.1, -0.05) is 48.5 Å². The number of para-hydroxylation sites is 1. The van der Waals surface area contributed by atoms with Gasteiger partial charge in [0.15, 0.2) is 0 Å². The van der Waals surface area contributed by atoms with E-state index in [1.54, 1.807) is 4.90 Å². The summed E-state index contributed by atoms with van der Waals surface area (Å²) in [6.07, 6.45) is 8.31. The Balaban J connectivity index is 1.35. The normalized spacial score (nSPS) is 27.6. The fourth-order valence-corrected chi connectivity index (χ4v) is 8.34. The summed E-state index contributed by atoms with van der Waals surface area (Å²) in [7, 11) is 0. The van der Waals surface area contributed by atoms with Gasteiger partial charge >= 0.3 is 6.09 Å². The molecule has 0 saturated heterocycles. The van der Waals surface area contributed by atoms with Gasteiger partial charge in [-0.25, -0.2) is 4.79 Å². The maximum atomic E-state index is 14.1. The number of fused-ring (bicyclic) bond motifs is 1. The maximum absolute atomic E-state index is 14.1. The van der Waals surface area contributed by atoms with Gasteiger partial charge in [0.1, 0.15) is 5.54 Å². The van der Waals surface area contributed by atoms with Crippen molar-refractivity contribution in [1.82, 2.24) is 15.2 Å². The van der Waals surface area contributed by atoms with Gasteiger partial charge in [-0.3, -0.25) is 9.69 Å². The van der Waals surface area contributed by atoms with E-state index >= 15 is 0 Å². The highest BCUT2D eigenvalue weighted by molar-refractivity contribution is 5.91. The maximum Gasteiger partial charge on any atom is 0.408 e. The van der Waals surface area contributed by atoms with Crippen LogP contribution in [0.1, 0.15) is 56.6 Å². The van der Waals surface area contributed by atoms with Crippen molar-refractivity contribution in [2.75, 3.05) is 6.54 Å². The minimum atomic E-state index is -1.22. The smallest absolute Gasteiger partial charge is 0.408 e. The molecule has 7 rings (SSSR count). The average Bonchev–Trinajstić information content (AvgIpc) is 3.26. The molecule has 0 radical (unpaired) electrons. The van der Waals surface area contributed by atoms with Gasteiger partial charge in [0, 0.05) is 35.6 Å². The molecule has 1 heterocycles. The zero-order valence-electron chi connectivity index (χ0n) is 21.6. The van der Waals surface area contributed by atoms with Crippen LogP contribution in [0.3, 0.4) is 0 Å². The lowest BCUT2D eigenvalue weighted by Gasteiger charge is -2.62. The number of nitrogens with one attached hydrogen (secondary N) is 2. The van der Waals surface area contributed by atoms with Crippen LogP contribution in [-0.4, -0.2) is 44.6 Å². The topological polar surface area (TPSA) is 85.4 Å². The molecular weight excluding hydrogens is 462 g/mol. The molecule has 3 N–H and O–H groups in total. The summed E-state index contributed by atoms with van der Waals surface area (Å²) in [5, 5.41) is 15.0. The highest BCUT2D eigenvalue weighted by atomic mass is 16.4. The van der Waals surface area contributed by atoms with Crippen LogP contribution in [0.5, 0.6) is 0 Å². The molecule has 2 aromatic carbocycles. The molecule has 1 atom stereocenters. The van der Waals surface area contributed by atoms with E-state index in [-0.39, 0.29) is 5.91 Å². The summed E-state index contributed by atoms with van der Waals surface area (Å²) in [5.41, 5.74) is 1.45. The number of hydrogen-bond donors (Lipinski definition) is 3. The van der Waals surface area contributed by atoms with E-state index in [0.29, 0.717) is 37.1 Å². The number of hydrogen-bond acceptors (Lipinski definition) is 2. The number of rotatable bonds is 8. The lowest BCUT2D eigenvalue weighted by atomic mass is 9.52. The summed E-state index contributed by atoms with van der Waals surface area (Å²) >= 11 is 0. The monoisotopic (exact) mass is 499 g/mol. The Bertz CT molecular complexity index is 1260. The lowest BCUT2D eigenvalue weighted by molar-refractivity contribution is -0.147. The van der Waals surface area contributed by atoms with Gasteiger partial charge in [0.25, 0.3) is 0 Å². The van der Waals surface area contributed by atoms with E-state index in [9.17, 15) is 14.7 Å². The third-order valence-electron chi connectivity index (χ3n) is 9.41. The molecule has 0 aliphatic heterocycles. The van der Waals surface area contributed by atoms with E-state index < -0.39 is 17.2 Å². The van der Waals surface area contributed by atoms with Gasteiger partial charge < -0.3 is 15.4 Å². The summed E-state index contributed by atoms with van der Waals surface area (Å²) < 4.78 is 0. The first-order chi connectivity index (χ1) is 17.9. The number of carbonyl (C=O) groups is 2. The van der Waals surface area contributed by atoms with Crippen LogP contribution < -0.4 is 5.32 Å². The second kappa shape index (κ2) is 9.23. The van der Waals surface area contributed by atoms with Crippen LogP contribution in [0, 0.1) is 17.8 Å². The minimum Gasteiger partial charge on any atom is -0.465 e. The van der Waals surface area contributed by atoms with E-state index in [0.717, 1.165) is 41.3 Å². The Morgan fingerprint density at radius 3 is 2.27 bits per heavy atom. The predicted octanol–water partition coefficient (Wildman–Crippen LogP) is 5.78. The van der Waals surface area contributed by atoms with Crippen molar-refractivity contribution in [2.24, 2.45) is 17.8 Å². The molecular formula is C31H37N3O3. The van der Waals surface area contributed by atoms with Crippen molar-refractivity contribution < 1.29 is 14.7 Å². The molecule has 4 aliphatic carbocycles. The number of nitrogens with zero attached hydrogens (tertiary/aromatic N) is 1. The Hall–Kier alpha value is -3.28. The molecule has 37 heavy (non-hydrogen) atoms. The summed E-state index contributed by atoms with van der Waals surface area (Å²) in [6.45, 7) is 2.33. The number of aromatic nitrogens is 1. The Kier molecular flexibility index (Phi) is 6.01. The number of carbonyl (C=O) groups excluding carboxylic acids is 1. The number of H-pyrrole nitrogens is 1. The van der Waals surface area contributed by atoms with Gasteiger partial charge in [-0.2, -0.15) is 0 Å². The summed E-state index contributed by atoms with van der Waals surface area (Å²) in [5.74, 6) is 1.52. The first-order valence-corrected chi connectivity index (χ1v) is 13.8. The van der Waals surface area contributed by atoms with Crippen LogP contribution in [0.2, 0.25) is 0 Å². The number of carboxylic acid groups (broad SMARTS) is 1. The summed E-state index contributed by atoms with van der Waals surface area (Å²) in [6, 6.07) is 18.1. The van der Waals surface area contributed by atoms with Crippen LogP contribution in [0.4, 0.5) is 4.79 Å². The van der Waals surface area contributed by atoms with Crippen molar-refractivity contribution in [3.05, 3.63) is 71.9 Å². The van der Waals surface area contributed by atoms with Gasteiger partial charge in [-0.15, -0.1) is 0 Å². The summed E-state index contributed by atoms with van der Waals surface area (Å²) in [4.78, 5) is 32.3. The molecule has 6 nitrogen and oxygen atoms in total. The van der Waals surface area contributed by atoms with Crippen molar-refractivity contribution in [3.8, 4) is 0 Å². The quantitative estimate of drug-likeness (QED) is 0.367. The van der Waals surface area contributed by atoms with Crippen molar-refractivity contribution in [2.45, 2.75) is 69.4 Å². The fraction of sp³-hybridized carbons (Fsp3) is 0.484. The zero-order chi connectivity index (χ0) is 25.6. The largest absolute Gasteiger partial charge is 0.465 e. The van der Waals surface area contributed by atoms with E-state index in [2.05, 4.69) is 22.4 Å². The van der Waals surface area contributed by atoms with E-state index in [1.165, 1.54) is 19.3 Å². The van der Waals surface area contributed by atoms with Crippen molar-refractivity contribution in [1.29, 1.82) is 0 Å². The van der Waals surface area contributed by atoms with Crippen LogP contribution in [-0.2, 0) is 17.6 Å². The highest BCUT2D eigenvalue weighted by Crippen LogP contribution is 2.59. The molecule has 6 heteroatoms. The SMILES string of the molecule is CC(Cc1c[nH]c2ccccc12)(C(=O)NCCc1ccccc1)N(C(=O)O)C12CC3CC(CC(C3)C1)C2. The molecule has 4 aliphatic rings. The van der Waals surface area contributed by atoms with Gasteiger partial charge in [0.05, 0.1) is 0 Å². The molecule has 194 valence electrons. The number of amides is 2. The van der Waals surface area contributed by atoms with Crippen LogP contribution >= 0.6 is 0 Å². The first-order valence-electron chi connectivity index (χ1n) is 13.8. The molecule has 0 spiro atoms. The van der Waals surface area contributed by atoms with Crippen LogP contribution in [0.25, 0.3) is 10.9 Å². The van der Waals surface area contributed by atoms with Crippen LogP contribution in [0.15, 0.2) is 60.8 Å². The molecule has 4 fully saturated rings. The molecule has 3 aromatic rings. The minimum absolute atomic E-state index is 0.202. The third kappa shape index (κ3) is 4.30. The van der Waals surface area contributed by atoms with Gasteiger partial charge in [-0.05, 0) is 86.8 Å². The average molecular weight is 500 g/mol. The Labute approximate surface area is 218 Å². The molecule has 1 unspecified atom stereocenters. The first kappa shape index (κ1) is 24.1. The Morgan fingerprint density at radius 1 is 1.00 bits per heavy atom. The molecule has 1 aromatic heterocycles. The van der Waals surface area contributed by atoms with Crippen molar-refractivity contribution in [3.63, 3.8) is 0 Å². The third-order valence-corrected chi connectivity index (χ3v) is 9.41. The fourth-order valence-electron chi connectivity index (χ4n) is 8.34. The second-order valence-corrected chi connectivity index (χ2v) is 12.1. The predicted molar refractivity (Wildman–Crippen MR) is 144 cm³/mol. The standard InChI is InChI=1S/C31H37N3O3/c1-30(19-25-20-33-27-10-6-5-9-26(25)27,28(35)32-12-11-21-7-3-2-4-8-21)34(29(36)37)31-16-22-13-23(17-31)15-24(14-22)18-31/h2-10,20,22-24,33H,11-19H2,1H3,(H,32,35)(H,36,37). The number of aromatic amines is 1. The number of benzene rings is 2. The lowest BCUT2D eigenvalue weighted by Crippen LogP contribution is -2.71. The molecule has 2 amide bonds. The van der Waals surface area contributed by atoms with E-state index in [1.807, 2.05) is 55.6 Å².